The van der Waals surface area contributed by atoms with Crippen LogP contribution in [0.25, 0.3) is 0 Å². The maximum atomic E-state index is 11.8. The first-order valence-electron chi connectivity index (χ1n) is 5.42. The van der Waals surface area contributed by atoms with E-state index in [1.807, 2.05) is 12.1 Å². The molecule has 4 nitrogen and oxygen atoms in total. The van der Waals surface area contributed by atoms with Crippen LogP contribution in [0, 0.1) is 0 Å². The Bertz CT molecular complexity index is 494. The fourth-order valence-corrected chi connectivity index (χ4v) is 3.49. The number of carbonyl (C=O) groups excluding carboxylic acids is 1. The second-order valence-electron chi connectivity index (χ2n) is 4.00. The normalized spacial score (nSPS) is 21.1. The van der Waals surface area contributed by atoms with Crippen molar-refractivity contribution in [3.05, 3.63) is 34.9 Å². The molecule has 1 aliphatic heterocycles. The zero-order valence-corrected chi connectivity index (χ0v) is 11.2. The van der Waals surface area contributed by atoms with Gasteiger partial charge in [0, 0.05) is 10.6 Å². The van der Waals surface area contributed by atoms with Gasteiger partial charge in [-0.25, -0.2) is 4.79 Å². The molecule has 2 rings (SSSR count). The van der Waals surface area contributed by atoms with Gasteiger partial charge in [-0.2, -0.15) is 0 Å². The molecule has 0 radical (unpaired) electrons. The number of halogens is 1. The van der Waals surface area contributed by atoms with Gasteiger partial charge in [-0.15, -0.1) is 11.8 Å². The van der Waals surface area contributed by atoms with E-state index in [4.69, 9.17) is 16.7 Å². The van der Waals surface area contributed by atoms with Crippen molar-refractivity contribution in [1.82, 2.24) is 4.90 Å². The summed E-state index contributed by atoms with van der Waals surface area (Å²) in [7, 11) is 0. The predicted octanol–water partition coefficient (Wildman–Crippen LogP) is 2.39. The molecule has 0 spiro atoms. The topological polar surface area (TPSA) is 57.6 Å². The molecule has 1 aliphatic rings. The van der Waals surface area contributed by atoms with Crippen molar-refractivity contribution in [2.75, 3.05) is 5.75 Å². The largest absolute Gasteiger partial charge is 0.480 e. The third-order valence-corrected chi connectivity index (χ3v) is 4.41. The Morgan fingerprint density at radius 2 is 2.22 bits per heavy atom. The number of nitrogens with zero attached hydrogens (tertiary/aromatic N) is 1. The van der Waals surface area contributed by atoms with Crippen LogP contribution in [0.1, 0.15) is 17.9 Å². The molecule has 0 aromatic heterocycles. The van der Waals surface area contributed by atoms with Crippen molar-refractivity contribution in [3.8, 4) is 0 Å². The van der Waals surface area contributed by atoms with Gasteiger partial charge in [0.15, 0.2) is 0 Å². The number of rotatable bonds is 3. The van der Waals surface area contributed by atoms with Gasteiger partial charge in [-0.05, 0) is 13.0 Å². The summed E-state index contributed by atoms with van der Waals surface area (Å²) in [6.45, 7) is 1.51. The number of carboxylic acid groups (broad SMARTS) is 1. The van der Waals surface area contributed by atoms with Gasteiger partial charge in [0.05, 0.1) is 5.75 Å². The van der Waals surface area contributed by atoms with Crippen LogP contribution in [-0.4, -0.2) is 33.7 Å². The molecule has 1 N–H and O–H groups in total. The zero-order chi connectivity index (χ0) is 13.3. The Kier molecular flexibility index (Phi) is 3.82. The Morgan fingerprint density at radius 1 is 1.56 bits per heavy atom. The lowest BCUT2D eigenvalue weighted by Crippen LogP contribution is -2.41. The van der Waals surface area contributed by atoms with Gasteiger partial charge in [0.25, 0.3) is 0 Å². The van der Waals surface area contributed by atoms with Gasteiger partial charge in [-0.1, -0.05) is 29.8 Å². The molecular weight excluding hydrogens is 274 g/mol. The van der Waals surface area contributed by atoms with E-state index in [0.717, 1.165) is 5.56 Å². The number of amides is 1. The van der Waals surface area contributed by atoms with Crippen LogP contribution in [0.15, 0.2) is 24.3 Å². The third kappa shape index (κ3) is 2.33. The molecule has 6 heteroatoms. The molecule has 1 aromatic carbocycles. The summed E-state index contributed by atoms with van der Waals surface area (Å²) in [5, 5.41) is 9.28. The highest BCUT2D eigenvalue weighted by Gasteiger charge is 2.39. The summed E-state index contributed by atoms with van der Waals surface area (Å²) in [5.74, 6) is -0.893. The summed E-state index contributed by atoms with van der Waals surface area (Å²) in [5.41, 5.74) is 0.781. The van der Waals surface area contributed by atoms with E-state index in [0.29, 0.717) is 5.02 Å². The Balaban J connectivity index is 2.35. The fraction of sp³-hybridized carbons (Fsp3) is 0.333. The van der Waals surface area contributed by atoms with Crippen LogP contribution in [-0.2, 0) is 9.59 Å². The summed E-state index contributed by atoms with van der Waals surface area (Å²) < 4.78 is 0. The van der Waals surface area contributed by atoms with E-state index >= 15 is 0 Å². The first kappa shape index (κ1) is 13.2. The number of carboxylic acids is 1. The van der Waals surface area contributed by atoms with E-state index in [1.165, 1.54) is 23.6 Å². The average molecular weight is 286 g/mol. The summed E-state index contributed by atoms with van der Waals surface area (Å²) in [4.78, 5) is 24.3. The van der Waals surface area contributed by atoms with Gasteiger partial charge in [0.2, 0.25) is 5.91 Å². The molecular formula is C12H12ClNO3S. The van der Waals surface area contributed by atoms with Crippen molar-refractivity contribution in [1.29, 1.82) is 0 Å². The minimum absolute atomic E-state index is 0.167. The van der Waals surface area contributed by atoms with Crippen LogP contribution >= 0.6 is 23.4 Å². The summed E-state index contributed by atoms with van der Waals surface area (Å²) >= 11 is 7.50. The Labute approximate surface area is 114 Å². The lowest BCUT2D eigenvalue weighted by Gasteiger charge is -2.28. The number of aliphatic carboxylic acids is 1. The van der Waals surface area contributed by atoms with E-state index in [2.05, 4.69) is 0 Å². The molecule has 18 heavy (non-hydrogen) atoms. The maximum absolute atomic E-state index is 11.8. The van der Waals surface area contributed by atoms with Crippen LogP contribution < -0.4 is 0 Å². The van der Waals surface area contributed by atoms with E-state index in [-0.39, 0.29) is 17.0 Å². The van der Waals surface area contributed by atoms with Crippen LogP contribution in [0.2, 0.25) is 5.02 Å². The SMILES string of the molecule is C[C@@H](C(=O)O)N1C(=O)CS[C@H]1c1ccccc1Cl. The van der Waals surface area contributed by atoms with Crippen molar-refractivity contribution in [3.63, 3.8) is 0 Å². The third-order valence-electron chi connectivity index (χ3n) is 2.85. The van der Waals surface area contributed by atoms with E-state index < -0.39 is 12.0 Å². The van der Waals surface area contributed by atoms with Crippen LogP contribution in [0.4, 0.5) is 0 Å². The second-order valence-corrected chi connectivity index (χ2v) is 5.48. The van der Waals surface area contributed by atoms with Crippen LogP contribution in [0.5, 0.6) is 0 Å². The van der Waals surface area contributed by atoms with Gasteiger partial charge in [-0.3, -0.25) is 4.79 Å². The smallest absolute Gasteiger partial charge is 0.326 e. The molecule has 0 unspecified atom stereocenters. The second kappa shape index (κ2) is 5.20. The highest BCUT2D eigenvalue weighted by molar-refractivity contribution is 8.00. The standard InChI is InChI=1S/C12H12ClNO3S/c1-7(12(16)17)14-10(15)6-18-11(14)8-4-2-3-5-9(8)13/h2-5,7,11H,6H2,1H3,(H,16,17)/t7-,11-/m0/s1. The fourth-order valence-electron chi connectivity index (χ4n) is 1.89. The Hall–Kier alpha value is -1.20. The lowest BCUT2D eigenvalue weighted by atomic mass is 10.1. The maximum Gasteiger partial charge on any atom is 0.326 e. The van der Waals surface area contributed by atoms with Gasteiger partial charge >= 0.3 is 5.97 Å². The Morgan fingerprint density at radius 3 is 2.83 bits per heavy atom. The molecule has 1 heterocycles. The summed E-state index contributed by atoms with van der Waals surface area (Å²) in [6, 6.07) is 6.34. The van der Waals surface area contributed by atoms with Crippen molar-refractivity contribution < 1.29 is 14.7 Å². The molecule has 0 aliphatic carbocycles. The van der Waals surface area contributed by atoms with E-state index in [9.17, 15) is 9.59 Å². The first-order chi connectivity index (χ1) is 8.52. The number of benzene rings is 1. The van der Waals surface area contributed by atoms with Crippen LogP contribution in [0.3, 0.4) is 0 Å². The molecule has 0 bridgehead atoms. The van der Waals surface area contributed by atoms with Gasteiger partial charge in [0.1, 0.15) is 11.4 Å². The number of carbonyl (C=O) groups is 2. The highest BCUT2D eigenvalue weighted by atomic mass is 35.5. The number of hydrogen-bond donors (Lipinski definition) is 1. The zero-order valence-electron chi connectivity index (χ0n) is 9.67. The lowest BCUT2D eigenvalue weighted by molar-refractivity contribution is -0.148. The monoisotopic (exact) mass is 285 g/mol. The van der Waals surface area contributed by atoms with Crippen molar-refractivity contribution >= 4 is 35.2 Å². The van der Waals surface area contributed by atoms with Gasteiger partial charge < -0.3 is 10.0 Å². The number of hydrogen-bond acceptors (Lipinski definition) is 3. The van der Waals surface area contributed by atoms with Crippen molar-refractivity contribution in [2.45, 2.75) is 18.3 Å². The van der Waals surface area contributed by atoms with E-state index in [1.54, 1.807) is 12.1 Å². The molecule has 1 aromatic rings. The quantitative estimate of drug-likeness (QED) is 0.926. The average Bonchev–Trinajstić information content (AvgIpc) is 2.70. The van der Waals surface area contributed by atoms with Crippen molar-refractivity contribution in [2.24, 2.45) is 0 Å². The number of thioether (sulfide) groups is 1. The molecule has 0 saturated carbocycles. The minimum atomic E-state index is -1.01. The highest BCUT2D eigenvalue weighted by Crippen LogP contribution is 2.42. The molecule has 2 atom stereocenters. The molecule has 1 fully saturated rings. The minimum Gasteiger partial charge on any atom is -0.480 e. The molecule has 1 saturated heterocycles. The predicted molar refractivity (Wildman–Crippen MR) is 70.6 cm³/mol. The first-order valence-corrected chi connectivity index (χ1v) is 6.85. The molecule has 1 amide bonds. The molecule has 96 valence electrons. The summed E-state index contributed by atoms with van der Waals surface area (Å²) in [6.07, 6.45) is 0.